The summed E-state index contributed by atoms with van der Waals surface area (Å²) in [6, 6.07) is 4.39. The van der Waals surface area contributed by atoms with Crippen LogP contribution in [0.25, 0.3) is 11.0 Å². The van der Waals surface area contributed by atoms with Gasteiger partial charge in [0.05, 0.1) is 11.0 Å². The first-order chi connectivity index (χ1) is 6.75. The molecule has 0 amide bonds. The Morgan fingerprint density at radius 1 is 1.27 bits per heavy atom. The van der Waals surface area contributed by atoms with E-state index < -0.39 is 0 Å². The molecule has 0 unspecified atom stereocenters. The Bertz CT molecular complexity index is 516. The van der Waals surface area contributed by atoms with Gasteiger partial charge < -0.3 is 9.88 Å². The average Bonchev–Trinajstić information content (AvgIpc) is 2.68. The molecular weight excluding hydrogens is 210 g/mol. The summed E-state index contributed by atoms with van der Waals surface area (Å²) in [6.07, 6.45) is 0. The van der Waals surface area contributed by atoms with E-state index in [-0.39, 0.29) is 12.4 Å². The van der Waals surface area contributed by atoms with Gasteiger partial charge in [-0.1, -0.05) is 0 Å². The summed E-state index contributed by atoms with van der Waals surface area (Å²) in [5.74, 6) is 1.02. The molecule has 2 aromatic rings. The summed E-state index contributed by atoms with van der Waals surface area (Å²) < 4.78 is 2.25. The highest BCUT2D eigenvalue weighted by molar-refractivity contribution is 5.85. The number of hydrogen-bond acceptors (Lipinski definition) is 2. The maximum absolute atomic E-state index is 4.55. The third-order valence-electron chi connectivity index (χ3n) is 2.98. The van der Waals surface area contributed by atoms with Crippen LogP contribution in [0.15, 0.2) is 12.1 Å². The lowest BCUT2D eigenvalue weighted by molar-refractivity contribution is 0.837. The quantitative estimate of drug-likeness (QED) is 0.744. The molecule has 0 fully saturated rings. The molecule has 0 radical (unpaired) electrons. The van der Waals surface area contributed by atoms with Crippen molar-refractivity contribution >= 4 is 29.4 Å². The standard InChI is InChI=1S/C11H13N3.ClH/c1-7-5-9-10(6-8(7)2)14-4-3-12-11(14)13-9;/h5-6H,3-4H2,1-2H3,(H,12,13);1H. The van der Waals surface area contributed by atoms with E-state index >= 15 is 0 Å². The second-order valence-corrected chi connectivity index (χ2v) is 3.94. The van der Waals surface area contributed by atoms with Crippen molar-refractivity contribution in [2.24, 2.45) is 0 Å². The molecule has 0 spiro atoms. The largest absolute Gasteiger partial charge is 0.354 e. The van der Waals surface area contributed by atoms with E-state index in [0.717, 1.165) is 24.6 Å². The SMILES string of the molecule is Cc1cc2nc3n(c2cc1C)CCN3.Cl. The first-order valence-corrected chi connectivity index (χ1v) is 4.97. The van der Waals surface area contributed by atoms with Gasteiger partial charge in [0.1, 0.15) is 0 Å². The van der Waals surface area contributed by atoms with E-state index in [4.69, 9.17) is 0 Å². The first-order valence-electron chi connectivity index (χ1n) is 4.97. The molecule has 80 valence electrons. The fourth-order valence-electron chi connectivity index (χ4n) is 2.02. The van der Waals surface area contributed by atoms with E-state index in [9.17, 15) is 0 Å². The number of rotatable bonds is 0. The highest BCUT2D eigenvalue weighted by Crippen LogP contribution is 2.25. The normalized spacial score (nSPS) is 13.5. The average molecular weight is 224 g/mol. The van der Waals surface area contributed by atoms with Gasteiger partial charge in [0.2, 0.25) is 5.95 Å². The number of benzene rings is 1. The second-order valence-electron chi connectivity index (χ2n) is 3.94. The predicted molar refractivity (Wildman–Crippen MR) is 64.9 cm³/mol. The Hall–Kier alpha value is -1.22. The van der Waals surface area contributed by atoms with Crippen LogP contribution in [-0.2, 0) is 6.54 Å². The molecule has 4 heteroatoms. The lowest BCUT2D eigenvalue weighted by Crippen LogP contribution is -1.95. The number of nitrogens with one attached hydrogen (secondary N) is 1. The molecule has 1 aromatic carbocycles. The van der Waals surface area contributed by atoms with E-state index in [2.05, 4.69) is 40.8 Å². The molecule has 0 saturated carbocycles. The van der Waals surface area contributed by atoms with Crippen molar-refractivity contribution in [2.75, 3.05) is 11.9 Å². The number of anilines is 1. The number of nitrogens with zero attached hydrogens (tertiary/aromatic N) is 2. The summed E-state index contributed by atoms with van der Waals surface area (Å²) in [5, 5.41) is 3.28. The summed E-state index contributed by atoms with van der Waals surface area (Å²) in [7, 11) is 0. The van der Waals surface area contributed by atoms with Crippen LogP contribution in [0.4, 0.5) is 5.95 Å². The van der Waals surface area contributed by atoms with E-state index in [1.54, 1.807) is 0 Å². The number of imidazole rings is 1. The topological polar surface area (TPSA) is 29.9 Å². The number of aromatic nitrogens is 2. The van der Waals surface area contributed by atoms with E-state index in [1.807, 2.05) is 0 Å². The molecule has 3 rings (SSSR count). The molecule has 2 heterocycles. The molecule has 0 aliphatic carbocycles. The first kappa shape index (κ1) is 10.3. The van der Waals surface area contributed by atoms with Gasteiger partial charge in [-0.15, -0.1) is 12.4 Å². The van der Waals surface area contributed by atoms with Crippen molar-refractivity contribution in [3.05, 3.63) is 23.3 Å². The maximum Gasteiger partial charge on any atom is 0.204 e. The number of fused-ring (bicyclic) bond motifs is 3. The van der Waals surface area contributed by atoms with Crippen LogP contribution in [0.5, 0.6) is 0 Å². The van der Waals surface area contributed by atoms with Crippen LogP contribution in [0.3, 0.4) is 0 Å². The van der Waals surface area contributed by atoms with Crippen molar-refractivity contribution in [1.82, 2.24) is 9.55 Å². The zero-order valence-corrected chi connectivity index (χ0v) is 9.69. The zero-order chi connectivity index (χ0) is 9.71. The summed E-state index contributed by atoms with van der Waals surface area (Å²) in [6.45, 7) is 6.32. The summed E-state index contributed by atoms with van der Waals surface area (Å²) in [5.41, 5.74) is 5.02. The van der Waals surface area contributed by atoms with Gasteiger partial charge in [-0.2, -0.15) is 0 Å². The van der Waals surface area contributed by atoms with Crippen LogP contribution in [0.1, 0.15) is 11.1 Å². The highest BCUT2D eigenvalue weighted by Gasteiger charge is 2.15. The molecule has 1 aliphatic heterocycles. The van der Waals surface area contributed by atoms with Gasteiger partial charge in [-0.3, -0.25) is 0 Å². The minimum absolute atomic E-state index is 0. The maximum atomic E-state index is 4.55. The predicted octanol–water partition coefficient (Wildman–Crippen LogP) is 2.50. The fourth-order valence-corrected chi connectivity index (χ4v) is 2.02. The Kier molecular flexibility index (Phi) is 2.35. The Balaban J connectivity index is 0.000000853. The molecule has 1 aliphatic rings. The Morgan fingerprint density at radius 3 is 2.80 bits per heavy atom. The van der Waals surface area contributed by atoms with Gasteiger partial charge in [-0.25, -0.2) is 4.98 Å². The lowest BCUT2D eigenvalue weighted by atomic mass is 10.1. The molecule has 1 N–H and O–H groups in total. The molecular formula is C11H14ClN3. The van der Waals surface area contributed by atoms with Gasteiger partial charge in [0, 0.05) is 13.1 Å². The second kappa shape index (κ2) is 3.42. The fraction of sp³-hybridized carbons (Fsp3) is 0.364. The molecule has 0 bridgehead atoms. The van der Waals surface area contributed by atoms with Crippen molar-refractivity contribution in [2.45, 2.75) is 20.4 Å². The third-order valence-corrected chi connectivity index (χ3v) is 2.98. The van der Waals surface area contributed by atoms with Gasteiger partial charge in [0.25, 0.3) is 0 Å². The minimum Gasteiger partial charge on any atom is -0.354 e. The monoisotopic (exact) mass is 223 g/mol. The Labute approximate surface area is 94.9 Å². The summed E-state index contributed by atoms with van der Waals surface area (Å²) >= 11 is 0. The van der Waals surface area contributed by atoms with Crippen LogP contribution < -0.4 is 5.32 Å². The zero-order valence-electron chi connectivity index (χ0n) is 8.87. The van der Waals surface area contributed by atoms with Crippen LogP contribution in [0.2, 0.25) is 0 Å². The highest BCUT2D eigenvalue weighted by atomic mass is 35.5. The van der Waals surface area contributed by atoms with Crippen molar-refractivity contribution in [3.8, 4) is 0 Å². The van der Waals surface area contributed by atoms with Crippen molar-refractivity contribution < 1.29 is 0 Å². The third kappa shape index (κ3) is 1.38. The van der Waals surface area contributed by atoms with Gasteiger partial charge in [-0.05, 0) is 37.1 Å². The number of halogens is 1. The van der Waals surface area contributed by atoms with Crippen LogP contribution in [-0.4, -0.2) is 16.1 Å². The van der Waals surface area contributed by atoms with E-state index in [0.29, 0.717) is 0 Å². The van der Waals surface area contributed by atoms with E-state index in [1.165, 1.54) is 16.6 Å². The smallest absolute Gasteiger partial charge is 0.204 e. The van der Waals surface area contributed by atoms with Crippen molar-refractivity contribution in [1.29, 1.82) is 0 Å². The summed E-state index contributed by atoms with van der Waals surface area (Å²) in [4.78, 5) is 4.55. The molecule has 0 saturated heterocycles. The molecule has 1 aromatic heterocycles. The number of aryl methyl sites for hydroxylation is 2. The Morgan fingerprint density at radius 2 is 2.00 bits per heavy atom. The molecule has 3 nitrogen and oxygen atoms in total. The molecule has 15 heavy (non-hydrogen) atoms. The number of hydrogen-bond donors (Lipinski definition) is 1. The van der Waals surface area contributed by atoms with Crippen molar-refractivity contribution in [3.63, 3.8) is 0 Å². The van der Waals surface area contributed by atoms with Crippen LogP contribution in [0, 0.1) is 13.8 Å². The van der Waals surface area contributed by atoms with Crippen LogP contribution >= 0.6 is 12.4 Å². The van der Waals surface area contributed by atoms with Gasteiger partial charge >= 0.3 is 0 Å². The lowest BCUT2D eigenvalue weighted by Gasteiger charge is -2.01. The minimum atomic E-state index is 0. The molecule has 0 atom stereocenters. The van der Waals surface area contributed by atoms with Gasteiger partial charge in [0.15, 0.2) is 0 Å².